The molecular weight excluding hydrogens is 366 g/mol. The molecule has 154 valence electrons. The number of carbonyl (C=O) groups is 2. The molecule has 2 aromatic carbocycles. The Morgan fingerprint density at radius 2 is 1.83 bits per heavy atom. The van der Waals surface area contributed by atoms with Crippen LogP contribution in [0.25, 0.3) is 0 Å². The Labute approximate surface area is 172 Å². The van der Waals surface area contributed by atoms with Crippen molar-refractivity contribution in [1.29, 1.82) is 0 Å². The molecule has 29 heavy (non-hydrogen) atoms. The van der Waals surface area contributed by atoms with Gasteiger partial charge >= 0.3 is 5.97 Å². The fourth-order valence-electron chi connectivity index (χ4n) is 3.93. The maximum Gasteiger partial charge on any atom is 0.307 e. The predicted molar refractivity (Wildman–Crippen MR) is 112 cm³/mol. The normalized spacial score (nSPS) is 18.8. The van der Waals surface area contributed by atoms with Gasteiger partial charge in [0.15, 0.2) is 0 Å². The van der Waals surface area contributed by atoms with E-state index in [1.54, 1.807) is 0 Å². The maximum atomic E-state index is 12.5. The fourth-order valence-corrected chi connectivity index (χ4v) is 3.93. The van der Waals surface area contributed by atoms with E-state index in [-0.39, 0.29) is 5.91 Å². The number of rotatable bonds is 8. The van der Waals surface area contributed by atoms with Gasteiger partial charge in [-0.05, 0) is 55.0 Å². The Hall–Kier alpha value is -2.82. The van der Waals surface area contributed by atoms with Gasteiger partial charge in [-0.2, -0.15) is 0 Å². The Balaban J connectivity index is 1.49. The smallest absolute Gasteiger partial charge is 0.307 e. The molecule has 5 heteroatoms. The first kappa shape index (κ1) is 20.9. The summed E-state index contributed by atoms with van der Waals surface area (Å²) in [6.07, 6.45) is 3.73. The lowest BCUT2D eigenvalue weighted by atomic mass is 9.78. The highest BCUT2D eigenvalue weighted by Crippen LogP contribution is 2.30. The van der Waals surface area contributed by atoms with Crippen molar-refractivity contribution in [3.8, 4) is 5.75 Å². The van der Waals surface area contributed by atoms with E-state index in [4.69, 9.17) is 4.74 Å². The minimum absolute atomic E-state index is 0.135. The zero-order valence-electron chi connectivity index (χ0n) is 16.9. The molecule has 0 saturated heterocycles. The summed E-state index contributed by atoms with van der Waals surface area (Å²) in [7, 11) is 0. The molecule has 5 nitrogen and oxygen atoms in total. The molecule has 1 saturated carbocycles. The van der Waals surface area contributed by atoms with Gasteiger partial charge in [-0.25, -0.2) is 0 Å². The first-order chi connectivity index (χ1) is 14.0. The molecule has 2 unspecified atom stereocenters. The van der Waals surface area contributed by atoms with E-state index in [1.807, 2.05) is 36.4 Å². The number of carboxylic acid groups (broad SMARTS) is 1. The Morgan fingerprint density at radius 1 is 1.07 bits per heavy atom. The summed E-state index contributed by atoms with van der Waals surface area (Å²) >= 11 is 0. The highest BCUT2D eigenvalue weighted by atomic mass is 16.5. The minimum Gasteiger partial charge on any atom is -0.489 e. The number of nitrogens with one attached hydrogen (secondary N) is 1. The van der Waals surface area contributed by atoms with Crippen LogP contribution in [0, 0.1) is 18.8 Å². The Kier molecular flexibility index (Phi) is 7.28. The summed E-state index contributed by atoms with van der Waals surface area (Å²) in [4.78, 5) is 23.9. The number of hydrogen-bond acceptors (Lipinski definition) is 3. The zero-order chi connectivity index (χ0) is 20.6. The number of amides is 1. The van der Waals surface area contributed by atoms with E-state index in [1.165, 1.54) is 5.56 Å². The van der Waals surface area contributed by atoms with Crippen LogP contribution in [-0.2, 0) is 22.6 Å². The summed E-state index contributed by atoms with van der Waals surface area (Å²) in [5.74, 6) is -1.16. The van der Waals surface area contributed by atoms with Crippen LogP contribution in [0.5, 0.6) is 5.75 Å². The van der Waals surface area contributed by atoms with Gasteiger partial charge in [0.2, 0.25) is 5.91 Å². The van der Waals surface area contributed by atoms with Crippen LogP contribution >= 0.6 is 0 Å². The summed E-state index contributed by atoms with van der Waals surface area (Å²) in [5.41, 5.74) is 3.44. The number of ether oxygens (including phenoxy) is 1. The van der Waals surface area contributed by atoms with Gasteiger partial charge in [-0.3, -0.25) is 9.59 Å². The lowest BCUT2D eigenvalue weighted by molar-refractivity contribution is -0.148. The monoisotopic (exact) mass is 395 g/mol. The molecule has 0 spiro atoms. The molecule has 0 radical (unpaired) electrons. The van der Waals surface area contributed by atoms with Crippen molar-refractivity contribution in [2.75, 3.05) is 6.54 Å². The van der Waals surface area contributed by atoms with Crippen LogP contribution in [0.15, 0.2) is 48.5 Å². The second-order valence-electron chi connectivity index (χ2n) is 7.74. The topological polar surface area (TPSA) is 75.6 Å². The third-order valence-corrected chi connectivity index (χ3v) is 5.69. The van der Waals surface area contributed by atoms with E-state index in [9.17, 15) is 14.7 Å². The largest absolute Gasteiger partial charge is 0.489 e. The van der Waals surface area contributed by atoms with E-state index >= 15 is 0 Å². The lowest BCUT2D eigenvalue weighted by Gasteiger charge is -2.27. The molecule has 1 aliphatic carbocycles. The van der Waals surface area contributed by atoms with Crippen LogP contribution in [0.2, 0.25) is 0 Å². The van der Waals surface area contributed by atoms with Crippen LogP contribution in [0.3, 0.4) is 0 Å². The van der Waals surface area contributed by atoms with E-state index in [2.05, 4.69) is 24.4 Å². The van der Waals surface area contributed by atoms with Gasteiger partial charge in [-0.15, -0.1) is 0 Å². The van der Waals surface area contributed by atoms with Gasteiger partial charge in [-0.1, -0.05) is 49.2 Å². The molecule has 1 amide bonds. The average Bonchev–Trinajstić information content (AvgIpc) is 2.73. The third-order valence-electron chi connectivity index (χ3n) is 5.69. The van der Waals surface area contributed by atoms with Crippen molar-refractivity contribution < 1.29 is 19.4 Å². The number of benzene rings is 2. The predicted octanol–water partition coefficient (Wildman–Crippen LogP) is 4.12. The summed E-state index contributed by atoms with van der Waals surface area (Å²) in [5, 5.41) is 12.3. The molecule has 0 bridgehead atoms. The number of hydrogen-bond donors (Lipinski definition) is 2. The molecule has 0 aliphatic heterocycles. The summed E-state index contributed by atoms with van der Waals surface area (Å²) in [6, 6.07) is 16.0. The van der Waals surface area contributed by atoms with Gasteiger partial charge in [0.1, 0.15) is 12.4 Å². The first-order valence-corrected chi connectivity index (χ1v) is 10.3. The molecule has 2 atom stereocenters. The van der Waals surface area contributed by atoms with Crippen molar-refractivity contribution in [2.24, 2.45) is 11.8 Å². The van der Waals surface area contributed by atoms with Gasteiger partial charge in [0, 0.05) is 6.54 Å². The molecule has 1 fully saturated rings. The maximum absolute atomic E-state index is 12.5. The van der Waals surface area contributed by atoms with E-state index in [0.717, 1.165) is 29.7 Å². The average molecular weight is 395 g/mol. The fraction of sp³-hybridized carbons (Fsp3) is 0.417. The molecule has 0 heterocycles. The molecule has 3 rings (SSSR count). The van der Waals surface area contributed by atoms with Gasteiger partial charge in [0.05, 0.1) is 11.8 Å². The molecule has 0 aromatic heterocycles. The SMILES string of the molecule is Cc1ccccc1COc1cccc(CCNC(=O)C2CCCCC2C(=O)O)c1. The number of aryl methyl sites for hydroxylation is 1. The van der Waals surface area contributed by atoms with Crippen LogP contribution in [0.1, 0.15) is 42.4 Å². The molecule has 2 N–H and O–H groups in total. The van der Waals surface area contributed by atoms with Crippen molar-refractivity contribution in [3.05, 3.63) is 65.2 Å². The molecular formula is C24H29NO4. The Bertz CT molecular complexity index is 848. The van der Waals surface area contributed by atoms with Gasteiger partial charge in [0.25, 0.3) is 0 Å². The standard InChI is InChI=1S/C24H29NO4/c1-17-7-2-3-9-19(17)16-29-20-10-6-8-18(15-20)13-14-25-23(26)21-11-4-5-12-22(21)24(27)28/h2-3,6-10,15,21-22H,4-5,11-14,16H2,1H3,(H,25,26)(H,27,28). The summed E-state index contributed by atoms with van der Waals surface area (Å²) in [6.45, 7) is 3.08. The van der Waals surface area contributed by atoms with E-state index in [0.29, 0.717) is 32.4 Å². The minimum atomic E-state index is -0.858. The highest BCUT2D eigenvalue weighted by molar-refractivity contribution is 5.84. The van der Waals surface area contributed by atoms with Crippen LogP contribution < -0.4 is 10.1 Å². The van der Waals surface area contributed by atoms with E-state index < -0.39 is 17.8 Å². The number of carbonyl (C=O) groups excluding carboxylic acids is 1. The summed E-state index contributed by atoms with van der Waals surface area (Å²) < 4.78 is 5.92. The second-order valence-corrected chi connectivity index (χ2v) is 7.74. The first-order valence-electron chi connectivity index (χ1n) is 10.3. The van der Waals surface area contributed by atoms with Crippen molar-refractivity contribution in [2.45, 2.75) is 45.6 Å². The van der Waals surface area contributed by atoms with Gasteiger partial charge < -0.3 is 15.2 Å². The van der Waals surface area contributed by atoms with Crippen LogP contribution in [0.4, 0.5) is 0 Å². The molecule has 1 aliphatic rings. The van der Waals surface area contributed by atoms with Crippen molar-refractivity contribution >= 4 is 11.9 Å². The Morgan fingerprint density at radius 3 is 2.59 bits per heavy atom. The second kappa shape index (κ2) is 10.1. The quantitative estimate of drug-likeness (QED) is 0.705. The van der Waals surface area contributed by atoms with Crippen molar-refractivity contribution in [3.63, 3.8) is 0 Å². The third kappa shape index (κ3) is 5.83. The zero-order valence-corrected chi connectivity index (χ0v) is 16.9. The van der Waals surface area contributed by atoms with Crippen LogP contribution in [-0.4, -0.2) is 23.5 Å². The number of carboxylic acids is 1. The number of aliphatic carboxylic acids is 1. The highest BCUT2D eigenvalue weighted by Gasteiger charge is 2.35. The molecule has 2 aromatic rings. The lowest BCUT2D eigenvalue weighted by Crippen LogP contribution is -2.40. The van der Waals surface area contributed by atoms with Crippen molar-refractivity contribution in [1.82, 2.24) is 5.32 Å².